The molecule has 1 aromatic carbocycles. The second kappa shape index (κ2) is 8.47. The van der Waals surface area contributed by atoms with Crippen molar-refractivity contribution in [2.24, 2.45) is 0 Å². The van der Waals surface area contributed by atoms with E-state index in [-0.39, 0.29) is 5.91 Å². The highest BCUT2D eigenvalue weighted by molar-refractivity contribution is 9.10. The van der Waals surface area contributed by atoms with Gasteiger partial charge in [0.15, 0.2) is 0 Å². The Kier molecular flexibility index (Phi) is 6.34. The lowest BCUT2D eigenvalue weighted by Gasteiger charge is -2.10. The number of nitrogens with one attached hydrogen (secondary N) is 3. The van der Waals surface area contributed by atoms with Gasteiger partial charge in [-0.15, -0.1) is 0 Å². The van der Waals surface area contributed by atoms with E-state index in [4.69, 9.17) is 0 Å². The monoisotopic (exact) mass is 377 g/mol. The molecule has 0 bridgehead atoms. The quantitative estimate of drug-likeness (QED) is 0.646. The third-order valence-electron chi connectivity index (χ3n) is 3.02. The second-order valence-electron chi connectivity index (χ2n) is 4.91. The fourth-order valence-electron chi connectivity index (χ4n) is 2.00. The van der Waals surface area contributed by atoms with Crippen LogP contribution in [0, 0.1) is 6.92 Å². The average molecular weight is 378 g/mol. The third-order valence-corrected chi connectivity index (χ3v) is 3.55. The molecule has 0 fully saturated rings. The van der Waals surface area contributed by atoms with Gasteiger partial charge in [0.2, 0.25) is 0 Å². The smallest absolute Gasteiger partial charge is 0.251 e. The molecule has 0 saturated carbocycles. The highest BCUT2D eigenvalue weighted by Crippen LogP contribution is 2.11. The molecule has 0 radical (unpaired) electrons. The van der Waals surface area contributed by atoms with Crippen LogP contribution in [0.3, 0.4) is 0 Å². The lowest BCUT2D eigenvalue weighted by atomic mass is 10.2. The number of halogens is 1. The first kappa shape index (κ1) is 17.2. The zero-order valence-electron chi connectivity index (χ0n) is 13.2. The van der Waals surface area contributed by atoms with Crippen molar-refractivity contribution in [2.75, 3.05) is 30.3 Å². The Morgan fingerprint density at radius 1 is 1.09 bits per heavy atom. The van der Waals surface area contributed by atoms with Gasteiger partial charge in [-0.2, -0.15) is 0 Å². The summed E-state index contributed by atoms with van der Waals surface area (Å²) in [5.41, 5.74) is 0.639. The SMILES string of the molecule is CCNc1cc(NCCNC(=O)c2ccc(Br)cc2)nc(C)n1. The average Bonchev–Trinajstić information content (AvgIpc) is 2.52. The standard InChI is InChI=1S/C16H20BrN5O/c1-3-18-14-10-15(22-11(2)21-14)19-8-9-20-16(23)12-4-6-13(17)7-5-12/h4-7,10H,3,8-9H2,1-2H3,(H,20,23)(H2,18,19,21,22). The molecule has 3 N–H and O–H groups in total. The summed E-state index contributed by atoms with van der Waals surface area (Å²) < 4.78 is 0.950. The van der Waals surface area contributed by atoms with Crippen LogP contribution in [0.25, 0.3) is 0 Å². The minimum absolute atomic E-state index is 0.0912. The van der Waals surface area contributed by atoms with Gasteiger partial charge in [-0.1, -0.05) is 15.9 Å². The van der Waals surface area contributed by atoms with Gasteiger partial charge in [0.05, 0.1) is 0 Å². The van der Waals surface area contributed by atoms with Crippen LogP contribution in [-0.4, -0.2) is 35.5 Å². The summed E-state index contributed by atoms with van der Waals surface area (Å²) >= 11 is 3.35. The molecule has 6 nitrogen and oxygen atoms in total. The Balaban J connectivity index is 1.81. The molecule has 1 aromatic heterocycles. The normalized spacial score (nSPS) is 10.2. The van der Waals surface area contributed by atoms with Crippen molar-refractivity contribution in [1.29, 1.82) is 0 Å². The molecule has 122 valence electrons. The molecule has 0 aliphatic carbocycles. The van der Waals surface area contributed by atoms with Crippen LogP contribution in [0.4, 0.5) is 11.6 Å². The van der Waals surface area contributed by atoms with Gasteiger partial charge in [-0.25, -0.2) is 9.97 Å². The third kappa shape index (κ3) is 5.52. The zero-order valence-corrected chi connectivity index (χ0v) is 14.8. The highest BCUT2D eigenvalue weighted by atomic mass is 79.9. The number of hydrogen-bond acceptors (Lipinski definition) is 5. The number of amides is 1. The summed E-state index contributed by atoms with van der Waals surface area (Å²) in [7, 11) is 0. The molecule has 0 saturated heterocycles. The largest absolute Gasteiger partial charge is 0.370 e. The van der Waals surface area contributed by atoms with E-state index in [0.717, 1.165) is 22.7 Å². The molecular weight excluding hydrogens is 358 g/mol. The maximum atomic E-state index is 12.0. The molecule has 0 aliphatic rings. The fraction of sp³-hybridized carbons (Fsp3) is 0.312. The van der Waals surface area contributed by atoms with Gasteiger partial charge in [0.25, 0.3) is 5.91 Å². The maximum absolute atomic E-state index is 12.0. The number of rotatable bonds is 7. The summed E-state index contributed by atoms with van der Waals surface area (Å²) in [6.45, 7) is 5.77. The summed E-state index contributed by atoms with van der Waals surface area (Å²) in [4.78, 5) is 20.6. The van der Waals surface area contributed by atoms with Crippen molar-refractivity contribution in [2.45, 2.75) is 13.8 Å². The second-order valence-corrected chi connectivity index (χ2v) is 5.82. The number of carbonyl (C=O) groups excluding carboxylic acids is 1. The summed E-state index contributed by atoms with van der Waals surface area (Å²) in [5.74, 6) is 2.14. The predicted molar refractivity (Wildman–Crippen MR) is 95.9 cm³/mol. The summed E-state index contributed by atoms with van der Waals surface area (Å²) in [6.07, 6.45) is 0. The van der Waals surface area contributed by atoms with Crippen LogP contribution in [-0.2, 0) is 0 Å². The molecule has 1 amide bonds. The number of anilines is 2. The minimum atomic E-state index is -0.0912. The summed E-state index contributed by atoms with van der Waals surface area (Å²) in [6, 6.07) is 9.11. The number of aromatic nitrogens is 2. The van der Waals surface area contributed by atoms with Gasteiger partial charge >= 0.3 is 0 Å². The molecule has 0 spiro atoms. The Labute approximate surface area is 144 Å². The van der Waals surface area contributed by atoms with Crippen molar-refractivity contribution < 1.29 is 4.79 Å². The van der Waals surface area contributed by atoms with Crippen molar-refractivity contribution in [3.63, 3.8) is 0 Å². The molecule has 7 heteroatoms. The number of aryl methyl sites for hydroxylation is 1. The molecule has 1 heterocycles. The van der Waals surface area contributed by atoms with E-state index >= 15 is 0 Å². The highest BCUT2D eigenvalue weighted by Gasteiger charge is 2.05. The van der Waals surface area contributed by atoms with Crippen molar-refractivity contribution in [3.8, 4) is 0 Å². The van der Waals surface area contributed by atoms with Gasteiger partial charge in [-0.3, -0.25) is 4.79 Å². The van der Waals surface area contributed by atoms with Crippen LogP contribution in [0.15, 0.2) is 34.8 Å². The van der Waals surface area contributed by atoms with Crippen molar-refractivity contribution >= 4 is 33.5 Å². The lowest BCUT2D eigenvalue weighted by Crippen LogP contribution is -2.28. The molecule has 0 atom stereocenters. The van der Waals surface area contributed by atoms with Gasteiger partial charge in [-0.05, 0) is 38.1 Å². The molecule has 0 aliphatic heterocycles. The Morgan fingerprint density at radius 2 is 1.74 bits per heavy atom. The number of hydrogen-bond donors (Lipinski definition) is 3. The summed E-state index contributed by atoms with van der Waals surface area (Å²) in [5, 5.41) is 9.21. The number of benzene rings is 1. The fourth-order valence-corrected chi connectivity index (χ4v) is 2.26. The molecule has 23 heavy (non-hydrogen) atoms. The van der Waals surface area contributed by atoms with Gasteiger partial charge < -0.3 is 16.0 Å². The van der Waals surface area contributed by atoms with E-state index in [9.17, 15) is 4.79 Å². The van der Waals surface area contributed by atoms with E-state index in [0.29, 0.717) is 24.5 Å². The van der Waals surface area contributed by atoms with Crippen LogP contribution in [0.5, 0.6) is 0 Å². The van der Waals surface area contributed by atoms with Crippen molar-refractivity contribution in [3.05, 3.63) is 46.2 Å². The van der Waals surface area contributed by atoms with E-state index in [1.54, 1.807) is 12.1 Å². The van der Waals surface area contributed by atoms with Crippen LogP contribution in [0.1, 0.15) is 23.1 Å². The first-order valence-electron chi connectivity index (χ1n) is 7.45. The molecule has 2 rings (SSSR count). The van der Waals surface area contributed by atoms with E-state index in [1.165, 1.54) is 0 Å². The Hall–Kier alpha value is -2.15. The van der Waals surface area contributed by atoms with E-state index in [1.807, 2.05) is 32.0 Å². The van der Waals surface area contributed by atoms with Crippen LogP contribution >= 0.6 is 15.9 Å². The molecular formula is C16H20BrN5O. The number of nitrogens with zero attached hydrogens (tertiary/aromatic N) is 2. The first-order valence-corrected chi connectivity index (χ1v) is 8.25. The van der Waals surface area contributed by atoms with Crippen LogP contribution < -0.4 is 16.0 Å². The van der Waals surface area contributed by atoms with Crippen LogP contribution in [0.2, 0.25) is 0 Å². The Morgan fingerprint density at radius 3 is 2.39 bits per heavy atom. The zero-order chi connectivity index (χ0) is 16.7. The minimum Gasteiger partial charge on any atom is -0.370 e. The predicted octanol–water partition coefficient (Wildman–Crippen LogP) is 2.82. The topological polar surface area (TPSA) is 78.9 Å². The first-order chi connectivity index (χ1) is 11.1. The Bertz CT molecular complexity index is 660. The van der Waals surface area contributed by atoms with E-state index < -0.39 is 0 Å². The van der Waals surface area contributed by atoms with Gasteiger partial charge in [0, 0.05) is 35.7 Å². The molecule has 0 unspecified atom stereocenters. The van der Waals surface area contributed by atoms with Crippen molar-refractivity contribution in [1.82, 2.24) is 15.3 Å². The molecule has 2 aromatic rings. The van der Waals surface area contributed by atoms with Gasteiger partial charge in [0.1, 0.15) is 17.5 Å². The maximum Gasteiger partial charge on any atom is 0.251 e. The van der Waals surface area contributed by atoms with E-state index in [2.05, 4.69) is 41.8 Å². The lowest BCUT2D eigenvalue weighted by molar-refractivity contribution is 0.0955. The number of carbonyl (C=O) groups is 1.